The number of ether oxygens (including phenoxy) is 1. The Morgan fingerprint density at radius 1 is 1.00 bits per heavy atom. The van der Waals surface area contributed by atoms with Crippen molar-refractivity contribution in [3.05, 3.63) is 12.2 Å². The van der Waals surface area contributed by atoms with Gasteiger partial charge in [0.2, 0.25) is 0 Å². The zero-order valence-electron chi connectivity index (χ0n) is 11.0. The second kappa shape index (κ2) is 13.9. The summed E-state index contributed by atoms with van der Waals surface area (Å²) in [6, 6.07) is 0. The van der Waals surface area contributed by atoms with Crippen LogP contribution in [0.25, 0.3) is 0 Å². The van der Waals surface area contributed by atoms with Gasteiger partial charge in [0, 0.05) is 12.8 Å². The van der Waals surface area contributed by atoms with Gasteiger partial charge in [-0.05, 0) is 38.5 Å². The molecule has 0 heterocycles. The van der Waals surface area contributed by atoms with Gasteiger partial charge >= 0.3 is 5.97 Å². The van der Waals surface area contributed by atoms with Crippen molar-refractivity contribution < 1.29 is 19.4 Å². The van der Waals surface area contributed by atoms with E-state index >= 15 is 0 Å². The Balaban J connectivity index is 3.21. The average Bonchev–Trinajstić information content (AvgIpc) is 2.38. The smallest absolute Gasteiger partial charge is 0.305 e. The summed E-state index contributed by atoms with van der Waals surface area (Å²) in [5, 5.41) is 8.46. The first-order valence-corrected chi connectivity index (χ1v) is 6.66. The molecule has 0 bridgehead atoms. The lowest BCUT2D eigenvalue weighted by atomic mass is 10.1. The number of hydrogen-bond acceptors (Lipinski definition) is 4. The lowest BCUT2D eigenvalue weighted by Crippen LogP contribution is -2.07. The summed E-state index contributed by atoms with van der Waals surface area (Å²) in [5.41, 5.74) is 0. The van der Waals surface area contributed by atoms with Gasteiger partial charge in [-0.3, -0.25) is 4.79 Å². The van der Waals surface area contributed by atoms with Crippen LogP contribution in [0.3, 0.4) is 0 Å². The highest BCUT2D eigenvalue weighted by Gasteiger charge is 2.00. The van der Waals surface area contributed by atoms with Gasteiger partial charge in [-0.1, -0.05) is 12.2 Å². The summed E-state index contributed by atoms with van der Waals surface area (Å²) in [4.78, 5) is 21.1. The summed E-state index contributed by atoms with van der Waals surface area (Å²) in [6.45, 7) is -0.0158. The van der Waals surface area contributed by atoms with Crippen LogP contribution in [0.5, 0.6) is 0 Å². The van der Waals surface area contributed by atoms with Crippen molar-refractivity contribution in [2.24, 2.45) is 0 Å². The van der Waals surface area contributed by atoms with Gasteiger partial charge in [-0.2, -0.15) is 0 Å². The second-order valence-corrected chi connectivity index (χ2v) is 4.11. The molecule has 4 nitrogen and oxygen atoms in total. The van der Waals surface area contributed by atoms with Crippen LogP contribution in [0.4, 0.5) is 0 Å². The predicted molar refractivity (Wildman–Crippen MR) is 70.2 cm³/mol. The van der Waals surface area contributed by atoms with Crippen LogP contribution in [-0.4, -0.2) is 30.6 Å². The summed E-state index contributed by atoms with van der Waals surface area (Å²) in [7, 11) is 0. The number of aldehydes is 1. The molecule has 18 heavy (non-hydrogen) atoms. The third-order valence-corrected chi connectivity index (χ3v) is 2.47. The van der Waals surface area contributed by atoms with E-state index in [-0.39, 0.29) is 19.2 Å². The number of esters is 1. The van der Waals surface area contributed by atoms with Crippen LogP contribution in [0.15, 0.2) is 12.2 Å². The van der Waals surface area contributed by atoms with Gasteiger partial charge < -0.3 is 14.6 Å². The van der Waals surface area contributed by atoms with Gasteiger partial charge in [-0.15, -0.1) is 0 Å². The maximum Gasteiger partial charge on any atom is 0.305 e. The minimum Gasteiger partial charge on any atom is -0.463 e. The fraction of sp³-hybridized carbons (Fsp3) is 0.714. The van der Waals surface area contributed by atoms with Crippen molar-refractivity contribution >= 4 is 12.3 Å². The minimum absolute atomic E-state index is 0.0968. The third-order valence-electron chi connectivity index (χ3n) is 2.47. The van der Waals surface area contributed by atoms with E-state index in [1.807, 2.05) is 0 Å². The largest absolute Gasteiger partial charge is 0.463 e. The molecule has 0 radical (unpaired) electrons. The van der Waals surface area contributed by atoms with E-state index < -0.39 is 0 Å². The highest BCUT2D eigenvalue weighted by atomic mass is 16.5. The Hall–Kier alpha value is -1.16. The first-order chi connectivity index (χ1) is 8.81. The molecule has 4 heteroatoms. The van der Waals surface area contributed by atoms with Crippen LogP contribution in [0.2, 0.25) is 0 Å². The molecule has 104 valence electrons. The van der Waals surface area contributed by atoms with Gasteiger partial charge in [0.05, 0.1) is 6.61 Å². The van der Waals surface area contributed by atoms with E-state index in [4.69, 9.17) is 9.84 Å². The number of unbranched alkanes of at least 4 members (excludes halogenated alkanes) is 5. The van der Waals surface area contributed by atoms with Gasteiger partial charge in [0.15, 0.2) is 0 Å². The van der Waals surface area contributed by atoms with Crippen molar-refractivity contribution in [2.45, 2.75) is 51.4 Å². The molecular weight excluding hydrogens is 232 g/mol. The molecular formula is C14H24O4. The molecule has 0 spiro atoms. The SMILES string of the molecule is O=CCCCC/C=C/CCCCC(=O)OCCO. The number of carbonyl (C=O) groups is 2. The topological polar surface area (TPSA) is 63.6 Å². The van der Waals surface area contributed by atoms with Gasteiger partial charge in [-0.25, -0.2) is 0 Å². The normalized spacial score (nSPS) is 10.7. The maximum atomic E-state index is 11.1. The number of hydrogen-bond donors (Lipinski definition) is 1. The second-order valence-electron chi connectivity index (χ2n) is 4.11. The highest BCUT2D eigenvalue weighted by molar-refractivity contribution is 5.69. The maximum absolute atomic E-state index is 11.1. The number of carbonyl (C=O) groups excluding carboxylic acids is 2. The Morgan fingerprint density at radius 3 is 2.22 bits per heavy atom. The van der Waals surface area contributed by atoms with Crippen molar-refractivity contribution in [1.82, 2.24) is 0 Å². The Morgan fingerprint density at radius 2 is 1.61 bits per heavy atom. The molecule has 0 aromatic heterocycles. The van der Waals surface area contributed by atoms with E-state index in [2.05, 4.69) is 12.2 Å². The number of aliphatic hydroxyl groups excluding tert-OH is 1. The number of aliphatic hydroxyl groups is 1. The fourth-order valence-corrected chi connectivity index (χ4v) is 1.49. The summed E-state index contributed by atoms with van der Waals surface area (Å²) in [5.74, 6) is -0.234. The molecule has 0 saturated carbocycles. The Labute approximate surface area is 109 Å². The average molecular weight is 256 g/mol. The lowest BCUT2D eigenvalue weighted by Gasteiger charge is -2.01. The van der Waals surface area contributed by atoms with Crippen molar-refractivity contribution in [3.8, 4) is 0 Å². The van der Waals surface area contributed by atoms with E-state index in [0.717, 1.165) is 44.8 Å². The van der Waals surface area contributed by atoms with Crippen molar-refractivity contribution in [3.63, 3.8) is 0 Å². The summed E-state index contributed by atoms with van der Waals surface area (Å²) < 4.78 is 4.74. The van der Waals surface area contributed by atoms with E-state index in [1.54, 1.807) is 0 Å². The Bertz CT molecular complexity index is 236. The zero-order valence-corrected chi connectivity index (χ0v) is 11.0. The molecule has 0 aromatic rings. The molecule has 0 fully saturated rings. The standard InChI is InChI=1S/C14H24O4/c15-11-9-7-5-3-1-2-4-6-8-10-14(17)18-13-12-16/h1-2,11,16H,3-10,12-13H2/b2-1+. The van der Waals surface area contributed by atoms with Gasteiger partial charge in [0.25, 0.3) is 0 Å². The van der Waals surface area contributed by atoms with Crippen LogP contribution in [0.1, 0.15) is 51.4 Å². The van der Waals surface area contributed by atoms with Crippen LogP contribution >= 0.6 is 0 Å². The molecule has 0 aliphatic carbocycles. The predicted octanol–water partition coefficient (Wildman–Crippen LogP) is 2.40. The molecule has 0 aliphatic heterocycles. The van der Waals surface area contributed by atoms with Crippen molar-refractivity contribution in [2.75, 3.05) is 13.2 Å². The molecule has 0 saturated heterocycles. The number of allylic oxidation sites excluding steroid dienone is 2. The molecule has 0 aromatic carbocycles. The zero-order chi connectivity index (χ0) is 13.5. The van der Waals surface area contributed by atoms with Crippen molar-refractivity contribution in [1.29, 1.82) is 0 Å². The van der Waals surface area contributed by atoms with Gasteiger partial charge in [0.1, 0.15) is 12.9 Å². The minimum atomic E-state index is -0.234. The highest BCUT2D eigenvalue weighted by Crippen LogP contribution is 2.04. The quantitative estimate of drug-likeness (QED) is 0.252. The molecule has 0 aliphatic rings. The van der Waals surface area contributed by atoms with Crippen LogP contribution in [-0.2, 0) is 14.3 Å². The first kappa shape index (κ1) is 16.8. The first-order valence-electron chi connectivity index (χ1n) is 6.66. The monoisotopic (exact) mass is 256 g/mol. The van der Waals surface area contributed by atoms with E-state index in [1.165, 1.54) is 0 Å². The van der Waals surface area contributed by atoms with Crippen LogP contribution in [0, 0.1) is 0 Å². The molecule has 1 N–H and O–H groups in total. The van der Waals surface area contributed by atoms with E-state index in [0.29, 0.717) is 12.8 Å². The summed E-state index contributed by atoms with van der Waals surface area (Å²) >= 11 is 0. The molecule has 0 atom stereocenters. The summed E-state index contributed by atoms with van der Waals surface area (Å²) in [6.07, 6.45) is 12.1. The van der Waals surface area contributed by atoms with E-state index in [9.17, 15) is 9.59 Å². The number of rotatable bonds is 12. The van der Waals surface area contributed by atoms with Crippen LogP contribution < -0.4 is 0 Å². The molecule has 0 rings (SSSR count). The lowest BCUT2D eigenvalue weighted by molar-refractivity contribution is -0.144. The Kier molecular flexibility index (Phi) is 13.0. The fourth-order valence-electron chi connectivity index (χ4n) is 1.49. The third kappa shape index (κ3) is 12.9. The molecule has 0 amide bonds. The molecule has 0 unspecified atom stereocenters.